The standard InChI is InChI=1S/C16H17N3O2/c1-11-8-14(11)15(20)18-13-5-2-4-12(9-13)10-19-7-3-6-17-16(19)21/h2-7,9,11,14H,8,10H2,1H3,(H,18,20). The molecule has 1 amide bonds. The van der Waals surface area contributed by atoms with E-state index in [0.29, 0.717) is 12.5 Å². The number of nitrogens with one attached hydrogen (secondary N) is 1. The zero-order valence-electron chi connectivity index (χ0n) is 11.8. The Balaban J connectivity index is 1.73. The molecule has 1 aliphatic carbocycles. The summed E-state index contributed by atoms with van der Waals surface area (Å²) in [6, 6.07) is 9.28. The van der Waals surface area contributed by atoms with Crippen LogP contribution in [0.2, 0.25) is 0 Å². The minimum Gasteiger partial charge on any atom is -0.326 e. The van der Waals surface area contributed by atoms with E-state index in [1.54, 1.807) is 12.3 Å². The highest BCUT2D eigenvalue weighted by Crippen LogP contribution is 2.38. The molecule has 5 nitrogen and oxygen atoms in total. The molecule has 0 aliphatic heterocycles. The molecule has 0 saturated heterocycles. The van der Waals surface area contributed by atoms with Crippen molar-refractivity contribution in [1.82, 2.24) is 9.55 Å². The lowest BCUT2D eigenvalue weighted by molar-refractivity contribution is -0.117. The van der Waals surface area contributed by atoms with E-state index < -0.39 is 0 Å². The smallest absolute Gasteiger partial charge is 0.326 e. The van der Waals surface area contributed by atoms with Crippen molar-refractivity contribution in [2.75, 3.05) is 5.32 Å². The first-order valence-electron chi connectivity index (χ1n) is 7.05. The lowest BCUT2D eigenvalue weighted by Gasteiger charge is -2.08. The zero-order valence-corrected chi connectivity index (χ0v) is 11.8. The molecule has 2 unspecified atom stereocenters. The molecule has 1 fully saturated rings. The lowest BCUT2D eigenvalue weighted by atomic mass is 10.2. The second-order valence-electron chi connectivity index (χ2n) is 5.54. The fraction of sp³-hybridized carbons (Fsp3) is 0.312. The predicted molar refractivity (Wildman–Crippen MR) is 79.9 cm³/mol. The van der Waals surface area contributed by atoms with Gasteiger partial charge in [-0.3, -0.25) is 9.36 Å². The minimum atomic E-state index is -0.279. The zero-order chi connectivity index (χ0) is 14.8. The summed E-state index contributed by atoms with van der Waals surface area (Å²) in [6.45, 7) is 2.52. The maximum absolute atomic E-state index is 11.9. The van der Waals surface area contributed by atoms with E-state index in [9.17, 15) is 9.59 Å². The van der Waals surface area contributed by atoms with Crippen molar-refractivity contribution in [2.45, 2.75) is 19.9 Å². The molecule has 0 bridgehead atoms. The average molecular weight is 283 g/mol. The van der Waals surface area contributed by atoms with Gasteiger partial charge in [0.05, 0.1) is 6.54 Å². The molecule has 5 heteroatoms. The van der Waals surface area contributed by atoms with Gasteiger partial charge in [0.1, 0.15) is 0 Å². The number of nitrogens with zero attached hydrogens (tertiary/aromatic N) is 2. The van der Waals surface area contributed by atoms with Crippen LogP contribution in [0.1, 0.15) is 18.9 Å². The van der Waals surface area contributed by atoms with Crippen LogP contribution in [0.15, 0.2) is 47.5 Å². The highest BCUT2D eigenvalue weighted by Gasteiger charge is 2.39. The molecule has 108 valence electrons. The van der Waals surface area contributed by atoms with Crippen LogP contribution in [0.25, 0.3) is 0 Å². The van der Waals surface area contributed by atoms with Crippen molar-refractivity contribution in [3.63, 3.8) is 0 Å². The van der Waals surface area contributed by atoms with Crippen LogP contribution in [0.4, 0.5) is 5.69 Å². The summed E-state index contributed by atoms with van der Waals surface area (Å²) in [5, 5.41) is 2.93. The van der Waals surface area contributed by atoms with Gasteiger partial charge in [0, 0.05) is 24.0 Å². The minimum absolute atomic E-state index is 0.0817. The lowest BCUT2D eigenvalue weighted by Crippen LogP contribution is -2.22. The molecular formula is C16H17N3O2. The number of anilines is 1. The van der Waals surface area contributed by atoms with Crippen LogP contribution in [0.3, 0.4) is 0 Å². The molecule has 0 spiro atoms. The molecule has 1 aliphatic rings. The third-order valence-corrected chi connectivity index (χ3v) is 3.78. The Hall–Kier alpha value is -2.43. The number of hydrogen-bond acceptors (Lipinski definition) is 3. The van der Waals surface area contributed by atoms with Crippen molar-refractivity contribution in [3.05, 3.63) is 58.8 Å². The molecule has 2 aromatic rings. The Labute approximate surface area is 122 Å². The Morgan fingerprint density at radius 2 is 2.24 bits per heavy atom. The monoisotopic (exact) mass is 283 g/mol. The molecule has 3 rings (SSSR count). The molecular weight excluding hydrogens is 266 g/mol. The molecule has 1 aromatic carbocycles. The first-order chi connectivity index (χ1) is 10.1. The summed E-state index contributed by atoms with van der Waals surface area (Å²) in [4.78, 5) is 27.3. The Kier molecular flexibility index (Phi) is 3.56. The van der Waals surface area contributed by atoms with Gasteiger partial charge in [0.2, 0.25) is 5.91 Å². The molecule has 21 heavy (non-hydrogen) atoms. The van der Waals surface area contributed by atoms with Gasteiger partial charge in [-0.25, -0.2) is 9.78 Å². The Morgan fingerprint density at radius 1 is 1.43 bits per heavy atom. The number of rotatable bonds is 4. The van der Waals surface area contributed by atoms with Gasteiger partial charge < -0.3 is 5.32 Å². The second-order valence-corrected chi connectivity index (χ2v) is 5.54. The van der Waals surface area contributed by atoms with Gasteiger partial charge in [-0.1, -0.05) is 19.1 Å². The number of amides is 1. The fourth-order valence-electron chi connectivity index (χ4n) is 2.37. The topological polar surface area (TPSA) is 64.0 Å². The van der Waals surface area contributed by atoms with Crippen LogP contribution in [-0.4, -0.2) is 15.5 Å². The highest BCUT2D eigenvalue weighted by atomic mass is 16.2. The summed E-state index contributed by atoms with van der Waals surface area (Å²) < 4.78 is 1.53. The van der Waals surface area contributed by atoms with Crippen molar-refractivity contribution in [1.29, 1.82) is 0 Å². The van der Waals surface area contributed by atoms with Gasteiger partial charge >= 0.3 is 5.69 Å². The maximum atomic E-state index is 11.9. The fourth-order valence-corrected chi connectivity index (χ4v) is 2.37. The second kappa shape index (κ2) is 5.52. The average Bonchev–Trinajstić information content (AvgIpc) is 3.19. The first-order valence-corrected chi connectivity index (χ1v) is 7.05. The predicted octanol–water partition coefficient (Wildman–Crippen LogP) is 1.89. The molecule has 1 saturated carbocycles. The van der Waals surface area contributed by atoms with E-state index >= 15 is 0 Å². The van der Waals surface area contributed by atoms with Crippen molar-refractivity contribution >= 4 is 11.6 Å². The van der Waals surface area contributed by atoms with Crippen LogP contribution in [-0.2, 0) is 11.3 Å². The molecule has 2 atom stereocenters. The van der Waals surface area contributed by atoms with E-state index in [1.807, 2.05) is 24.3 Å². The summed E-state index contributed by atoms with van der Waals surface area (Å²) in [5.41, 5.74) is 1.44. The number of carbonyl (C=O) groups is 1. The summed E-state index contributed by atoms with van der Waals surface area (Å²) in [6.07, 6.45) is 4.15. The van der Waals surface area contributed by atoms with Crippen LogP contribution < -0.4 is 11.0 Å². The van der Waals surface area contributed by atoms with Crippen molar-refractivity contribution < 1.29 is 4.79 Å². The maximum Gasteiger partial charge on any atom is 0.347 e. The Bertz CT molecular complexity index is 723. The number of hydrogen-bond donors (Lipinski definition) is 1. The van der Waals surface area contributed by atoms with E-state index in [-0.39, 0.29) is 17.5 Å². The van der Waals surface area contributed by atoms with Gasteiger partial charge in [0.25, 0.3) is 0 Å². The molecule has 1 heterocycles. The summed E-state index contributed by atoms with van der Waals surface area (Å²) in [7, 11) is 0. The SMILES string of the molecule is CC1CC1C(=O)Nc1cccc(Cn2cccnc2=O)c1. The molecule has 1 N–H and O–H groups in total. The van der Waals surface area contributed by atoms with Crippen molar-refractivity contribution in [2.24, 2.45) is 11.8 Å². The van der Waals surface area contributed by atoms with Gasteiger partial charge in [0.15, 0.2) is 0 Å². The van der Waals surface area contributed by atoms with Gasteiger partial charge in [-0.05, 0) is 36.1 Å². The number of carbonyl (C=O) groups excluding carboxylic acids is 1. The van der Waals surface area contributed by atoms with Crippen LogP contribution in [0.5, 0.6) is 0 Å². The van der Waals surface area contributed by atoms with E-state index in [2.05, 4.69) is 17.2 Å². The molecule has 0 radical (unpaired) electrons. The Morgan fingerprint density at radius 3 is 2.95 bits per heavy atom. The number of aromatic nitrogens is 2. The van der Waals surface area contributed by atoms with E-state index in [1.165, 1.54) is 10.8 Å². The normalized spacial score (nSPS) is 20.0. The van der Waals surface area contributed by atoms with E-state index in [4.69, 9.17) is 0 Å². The highest BCUT2D eigenvalue weighted by molar-refractivity contribution is 5.94. The third-order valence-electron chi connectivity index (χ3n) is 3.78. The molecule has 1 aromatic heterocycles. The largest absolute Gasteiger partial charge is 0.347 e. The number of benzene rings is 1. The van der Waals surface area contributed by atoms with Crippen LogP contribution in [0, 0.1) is 11.8 Å². The van der Waals surface area contributed by atoms with E-state index in [0.717, 1.165) is 17.7 Å². The quantitative estimate of drug-likeness (QED) is 0.932. The van der Waals surface area contributed by atoms with Crippen molar-refractivity contribution in [3.8, 4) is 0 Å². The summed E-state index contributed by atoms with van der Waals surface area (Å²) in [5.74, 6) is 0.718. The third kappa shape index (κ3) is 3.18. The first kappa shape index (κ1) is 13.5. The van der Waals surface area contributed by atoms with Crippen LogP contribution >= 0.6 is 0 Å². The summed E-state index contributed by atoms with van der Waals surface area (Å²) >= 11 is 0. The van der Waals surface area contributed by atoms with Gasteiger partial charge in [-0.2, -0.15) is 0 Å². The van der Waals surface area contributed by atoms with Gasteiger partial charge in [-0.15, -0.1) is 0 Å².